The van der Waals surface area contributed by atoms with Crippen molar-refractivity contribution in [1.29, 1.82) is 0 Å². The van der Waals surface area contributed by atoms with E-state index in [0.29, 0.717) is 0 Å². The highest BCUT2D eigenvalue weighted by molar-refractivity contribution is 8.00. The summed E-state index contributed by atoms with van der Waals surface area (Å²) in [5, 5.41) is 2.84. The van der Waals surface area contributed by atoms with Crippen LogP contribution in [-0.2, 0) is 11.3 Å². The summed E-state index contributed by atoms with van der Waals surface area (Å²) in [6.07, 6.45) is 0. The summed E-state index contributed by atoms with van der Waals surface area (Å²) in [4.78, 5) is 19.2. The lowest BCUT2D eigenvalue weighted by atomic mass is 10.1. The molecule has 3 aromatic carbocycles. The molecule has 1 heterocycles. The number of likely N-dealkylation sites (N-methyl/N-ethyl adjacent to an activating group) is 1. The Bertz CT molecular complexity index is 972. The Kier molecular flexibility index (Phi) is 7.41. The highest BCUT2D eigenvalue weighted by atomic mass is 32.2. The second kappa shape index (κ2) is 10.6. The maximum Gasteiger partial charge on any atom is 0.242 e. The molecule has 1 aliphatic heterocycles. The maximum atomic E-state index is 13.3. The van der Waals surface area contributed by atoms with Crippen LogP contribution < -0.4 is 5.32 Å². The fourth-order valence-corrected chi connectivity index (χ4v) is 4.80. The van der Waals surface area contributed by atoms with Crippen molar-refractivity contribution in [2.24, 2.45) is 0 Å². The van der Waals surface area contributed by atoms with Crippen LogP contribution in [0.2, 0.25) is 0 Å². The molecular formula is C26H29N3OS. The number of thioether (sulfide) groups is 1. The Balaban J connectivity index is 1.46. The molecule has 1 N–H and O–H groups in total. The number of amides is 1. The molecule has 0 spiro atoms. The first kappa shape index (κ1) is 21.6. The van der Waals surface area contributed by atoms with E-state index in [0.717, 1.165) is 48.9 Å². The Morgan fingerprint density at radius 2 is 1.58 bits per heavy atom. The van der Waals surface area contributed by atoms with Crippen LogP contribution in [0.1, 0.15) is 16.4 Å². The molecule has 1 saturated heterocycles. The molecule has 1 fully saturated rings. The largest absolute Gasteiger partial charge is 0.325 e. The molecular weight excluding hydrogens is 402 g/mol. The molecule has 160 valence electrons. The van der Waals surface area contributed by atoms with Crippen molar-refractivity contribution >= 4 is 23.4 Å². The summed E-state index contributed by atoms with van der Waals surface area (Å²) in [7, 11) is 2.17. The highest BCUT2D eigenvalue weighted by Gasteiger charge is 2.22. The number of benzene rings is 3. The van der Waals surface area contributed by atoms with Crippen LogP contribution in [0.5, 0.6) is 0 Å². The molecule has 0 aliphatic carbocycles. The molecule has 0 bridgehead atoms. The number of piperazine rings is 1. The molecule has 4 rings (SSSR count). The maximum absolute atomic E-state index is 13.3. The van der Waals surface area contributed by atoms with Gasteiger partial charge in [-0.1, -0.05) is 60.7 Å². The van der Waals surface area contributed by atoms with E-state index in [2.05, 4.69) is 34.3 Å². The number of nitrogens with zero attached hydrogens (tertiary/aromatic N) is 2. The highest BCUT2D eigenvalue weighted by Crippen LogP contribution is 2.36. The van der Waals surface area contributed by atoms with Crippen molar-refractivity contribution in [2.75, 3.05) is 38.5 Å². The van der Waals surface area contributed by atoms with Crippen molar-refractivity contribution in [3.8, 4) is 0 Å². The van der Waals surface area contributed by atoms with Crippen LogP contribution >= 0.6 is 11.8 Å². The molecule has 1 aliphatic rings. The van der Waals surface area contributed by atoms with E-state index in [-0.39, 0.29) is 11.2 Å². The SMILES string of the molecule is CN1CCN(Cc2cccc(NC(=O)C(Sc3ccccc3)c3ccccc3)c2)CC1. The first-order chi connectivity index (χ1) is 15.2. The third kappa shape index (κ3) is 6.20. The predicted molar refractivity (Wildman–Crippen MR) is 129 cm³/mol. The molecule has 4 nitrogen and oxygen atoms in total. The molecule has 5 heteroatoms. The monoisotopic (exact) mass is 431 g/mol. The molecule has 1 amide bonds. The van der Waals surface area contributed by atoms with Crippen LogP contribution in [0.4, 0.5) is 5.69 Å². The van der Waals surface area contributed by atoms with Crippen LogP contribution in [0.25, 0.3) is 0 Å². The minimum absolute atomic E-state index is 0.00296. The number of hydrogen-bond donors (Lipinski definition) is 1. The van der Waals surface area contributed by atoms with E-state index in [9.17, 15) is 4.79 Å². The summed E-state index contributed by atoms with van der Waals surface area (Å²) >= 11 is 1.58. The Labute approximate surface area is 189 Å². The first-order valence-corrected chi connectivity index (χ1v) is 11.6. The summed E-state index contributed by atoms with van der Waals surface area (Å²) in [5.41, 5.74) is 3.09. The van der Waals surface area contributed by atoms with Crippen LogP contribution in [0, 0.1) is 0 Å². The Morgan fingerprint density at radius 3 is 2.29 bits per heavy atom. The van der Waals surface area contributed by atoms with Crippen LogP contribution in [0.15, 0.2) is 89.8 Å². The van der Waals surface area contributed by atoms with E-state index in [4.69, 9.17) is 0 Å². The predicted octanol–water partition coefficient (Wildman–Crippen LogP) is 4.91. The van der Waals surface area contributed by atoms with Gasteiger partial charge in [0.2, 0.25) is 5.91 Å². The minimum atomic E-state index is -0.315. The van der Waals surface area contributed by atoms with E-state index in [1.165, 1.54) is 5.56 Å². The van der Waals surface area contributed by atoms with Gasteiger partial charge < -0.3 is 10.2 Å². The molecule has 0 saturated carbocycles. The number of carbonyl (C=O) groups excluding carboxylic acids is 1. The molecule has 1 unspecified atom stereocenters. The Morgan fingerprint density at radius 1 is 0.903 bits per heavy atom. The summed E-state index contributed by atoms with van der Waals surface area (Å²) in [5.74, 6) is -0.00296. The van der Waals surface area contributed by atoms with E-state index < -0.39 is 0 Å². The van der Waals surface area contributed by atoms with Gasteiger partial charge in [0.25, 0.3) is 0 Å². The van der Waals surface area contributed by atoms with Gasteiger partial charge in [-0.15, -0.1) is 11.8 Å². The van der Waals surface area contributed by atoms with E-state index in [1.54, 1.807) is 11.8 Å². The fraction of sp³-hybridized carbons (Fsp3) is 0.269. The quantitative estimate of drug-likeness (QED) is 0.540. The summed E-state index contributed by atoms with van der Waals surface area (Å²) in [6, 6.07) is 28.3. The number of rotatable bonds is 7. The van der Waals surface area contributed by atoms with Crippen molar-refractivity contribution < 1.29 is 4.79 Å². The van der Waals surface area contributed by atoms with Crippen molar-refractivity contribution in [3.63, 3.8) is 0 Å². The second-order valence-corrected chi connectivity index (χ2v) is 9.17. The third-order valence-electron chi connectivity index (χ3n) is 5.53. The van der Waals surface area contributed by atoms with Crippen LogP contribution in [-0.4, -0.2) is 48.9 Å². The van der Waals surface area contributed by atoms with Crippen molar-refractivity contribution in [2.45, 2.75) is 16.7 Å². The first-order valence-electron chi connectivity index (χ1n) is 10.7. The lowest BCUT2D eigenvalue weighted by Gasteiger charge is -2.32. The van der Waals surface area contributed by atoms with E-state index in [1.807, 2.05) is 72.8 Å². The summed E-state index contributed by atoms with van der Waals surface area (Å²) < 4.78 is 0. The number of hydrogen-bond acceptors (Lipinski definition) is 4. The summed E-state index contributed by atoms with van der Waals surface area (Å²) in [6.45, 7) is 5.28. The third-order valence-corrected chi connectivity index (χ3v) is 6.80. The van der Waals surface area contributed by atoms with Crippen molar-refractivity contribution in [1.82, 2.24) is 9.80 Å². The number of anilines is 1. The topological polar surface area (TPSA) is 35.6 Å². The lowest BCUT2D eigenvalue weighted by Crippen LogP contribution is -2.43. The van der Waals surface area contributed by atoms with Gasteiger partial charge in [0, 0.05) is 43.3 Å². The van der Waals surface area contributed by atoms with Gasteiger partial charge in [0.15, 0.2) is 0 Å². The average Bonchev–Trinajstić information content (AvgIpc) is 2.80. The minimum Gasteiger partial charge on any atom is -0.325 e. The smallest absolute Gasteiger partial charge is 0.242 e. The average molecular weight is 432 g/mol. The van der Waals surface area contributed by atoms with Gasteiger partial charge in [-0.3, -0.25) is 9.69 Å². The van der Waals surface area contributed by atoms with Crippen LogP contribution in [0.3, 0.4) is 0 Å². The zero-order valence-corrected chi connectivity index (χ0v) is 18.7. The molecule has 3 aromatic rings. The molecule has 31 heavy (non-hydrogen) atoms. The molecule has 0 aromatic heterocycles. The zero-order chi connectivity index (χ0) is 21.5. The lowest BCUT2D eigenvalue weighted by molar-refractivity contribution is -0.115. The van der Waals surface area contributed by atoms with Gasteiger partial charge >= 0.3 is 0 Å². The van der Waals surface area contributed by atoms with Gasteiger partial charge in [0.05, 0.1) is 0 Å². The second-order valence-electron chi connectivity index (χ2n) is 7.99. The molecule has 0 radical (unpaired) electrons. The zero-order valence-electron chi connectivity index (χ0n) is 17.9. The van der Waals surface area contributed by atoms with Gasteiger partial charge in [0.1, 0.15) is 5.25 Å². The van der Waals surface area contributed by atoms with Crippen molar-refractivity contribution in [3.05, 3.63) is 96.1 Å². The standard InChI is InChI=1S/C26H29N3OS/c1-28-15-17-29(18-16-28)20-21-9-8-12-23(19-21)27-26(30)25(22-10-4-2-5-11-22)31-24-13-6-3-7-14-24/h2-14,19,25H,15-18,20H2,1H3,(H,27,30). The fourth-order valence-electron chi connectivity index (χ4n) is 3.76. The normalized spacial score (nSPS) is 16.0. The van der Waals surface area contributed by atoms with Gasteiger partial charge in [-0.25, -0.2) is 0 Å². The number of nitrogens with one attached hydrogen (secondary N) is 1. The van der Waals surface area contributed by atoms with Gasteiger partial charge in [-0.05, 0) is 42.4 Å². The number of carbonyl (C=O) groups is 1. The molecule has 1 atom stereocenters. The Hall–Kier alpha value is -2.60. The van der Waals surface area contributed by atoms with E-state index >= 15 is 0 Å². The van der Waals surface area contributed by atoms with Gasteiger partial charge in [-0.2, -0.15) is 0 Å².